The van der Waals surface area contributed by atoms with Crippen molar-refractivity contribution >= 4 is 11.6 Å². The lowest BCUT2D eigenvalue weighted by Crippen LogP contribution is -2.39. The molecule has 0 bridgehead atoms. The molecular weight excluding hydrogens is 440 g/mol. The van der Waals surface area contributed by atoms with Crippen molar-refractivity contribution in [3.05, 3.63) is 83.2 Å². The van der Waals surface area contributed by atoms with Gasteiger partial charge in [-0.15, -0.1) is 0 Å². The Hall–Kier alpha value is -3.78. The minimum absolute atomic E-state index is 0.00837. The van der Waals surface area contributed by atoms with Crippen LogP contribution in [0, 0.1) is 11.8 Å². The summed E-state index contributed by atoms with van der Waals surface area (Å²) in [5, 5.41) is 0. The van der Waals surface area contributed by atoms with E-state index in [2.05, 4.69) is 11.1 Å². The second-order valence-electron chi connectivity index (χ2n) is 8.47. The molecule has 0 radical (unpaired) electrons. The molecule has 0 amide bonds. The molecule has 2 N–H and O–H groups in total. The van der Waals surface area contributed by atoms with E-state index in [0.29, 0.717) is 53.2 Å². The molecule has 172 valence electrons. The lowest BCUT2D eigenvalue weighted by molar-refractivity contribution is 0.164. The highest BCUT2D eigenvalue weighted by Crippen LogP contribution is 2.54. The SMILES string of the molecule is NC1=N[C@]2(CCO1)c1cc(-c3cccnc3F)ccc1Oc1c(F)cc(C3=CCCOC3)cc12. The van der Waals surface area contributed by atoms with Crippen molar-refractivity contribution < 1.29 is 23.0 Å². The van der Waals surface area contributed by atoms with E-state index < -0.39 is 17.3 Å². The quantitative estimate of drug-likeness (QED) is 0.549. The Bertz CT molecular complexity index is 1370. The Labute approximate surface area is 194 Å². The highest BCUT2D eigenvalue weighted by Gasteiger charge is 2.46. The number of pyridine rings is 1. The van der Waals surface area contributed by atoms with Gasteiger partial charge in [-0.3, -0.25) is 0 Å². The van der Waals surface area contributed by atoms with Gasteiger partial charge in [0.05, 0.1) is 19.8 Å². The fraction of sp³-hybridized carbons (Fsp3) is 0.231. The van der Waals surface area contributed by atoms with Crippen LogP contribution >= 0.6 is 0 Å². The van der Waals surface area contributed by atoms with E-state index in [4.69, 9.17) is 24.9 Å². The van der Waals surface area contributed by atoms with Gasteiger partial charge in [0, 0.05) is 29.3 Å². The maximum atomic E-state index is 15.5. The molecule has 0 saturated heterocycles. The molecule has 0 aliphatic carbocycles. The zero-order valence-electron chi connectivity index (χ0n) is 18.2. The number of rotatable bonds is 2. The summed E-state index contributed by atoms with van der Waals surface area (Å²) in [6, 6.07) is 11.9. The lowest BCUT2D eigenvalue weighted by Gasteiger charge is -2.40. The number of hydrogen-bond donors (Lipinski definition) is 1. The number of ether oxygens (including phenoxy) is 3. The zero-order valence-corrected chi connectivity index (χ0v) is 18.2. The molecule has 4 heterocycles. The van der Waals surface area contributed by atoms with E-state index in [1.807, 2.05) is 12.1 Å². The number of hydrogen-bond acceptors (Lipinski definition) is 6. The summed E-state index contributed by atoms with van der Waals surface area (Å²) in [5.41, 5.74) is 8.77. The molecule has 0 unspecified atom stereocenters. The molecule has 8 heteroatoms. The maximum Gasteiger partial charge on any atom is 0.283 e. The molecule has 6 nitrogen and oxygen atoms in total. The van der Waals surface area contributed by atoms with Crippen molar-refractivity contribution in [2.75, 3.05) is 19.8 Å². The van der Waals surface area contributed by atoms with Crippen LogP contribution in [0.15, 0.2) is 59.7 Å². The van der Waals surface area contributed by atoms with Crippen LogP contribution in [0.4, 0.5) is 8.78 Å². The Morgan fingerprint density at radius 1 is 1.00 bits per heavy atom. The van der Waals surface area contributed by atoms with Gasteiger partial charge in [0.25, 0.3) is 6.02 Å². The van der Waals surface area contributed by atoms with Crippen molar-refractivity contribution in [2.45, 2.75) is 18.4 Å². The van der Waals surface area contributed by atoms with Gasteiger partial charge in [0.2, 0.25) is 5.95 Å². The van der Waals surface area contributed by atoms with Gasteiger partial charge < -0.3 is 19.9 Å². The number of halogens is 2. The second-order valence-corrected chi connectivity index (χ2v) is 8.47. The van der Waals surface area contributed by atoms with Crippen LogP contribution in [0.5, 0.6) is 11.5 Å². The van der Waals surface area contributed by atoms with Gasteiger partial charge in [0.15, 0.2) is 11.6 Å². The third-order valence-corrected chi connectivity index (χ3v) is 6.49. The largest absolute Gasteiger partial charge is 0.465 e. The highest BCUT2D eigenvalue weighted by atomic mass is 19.1. The van der Waals surface area contributed by atoms with Crippen LogP contribution in [-0.2, 0) is 15.0 Å². The monoisotopic (exact) mass is 461 g/mol. The van der Waals surface area contributed by atoms with Gasteiger partial charge >= 0.3 is 0 Å². The number of nitrogens with two attached hydrogens (primary N) is 1. The molecular formula is C26H21F2N3O3. The number of amidine groups is 1. The Morgan fingerprint density at radius 2 is 1.88 bits per heavy atom. The third kappa shape index (κ3) is 3.25. The van der Waals surface area contributed by atoms with Gasteiger partial charge in [0.1, 0.15) is 11.3 Å². The topological polar surface area (TPSA) is 79.0 Å². The second kappa shape index (κ2) is 7.92. The average Bonchev–Trinajstić information content (AvgIpc) is 2.86. The van der Waals surface area contributed by atoms with Crippen LogP contribution in [-0.4, -0.2) is 30.8 Å². The molecule has 0 fully saturated rings. The van der Waals surface area contributed by atoms with Crippen molar-refractivity contribution in [1.29, 1.82) is 0 Å². The van der Waals surface area contributed by atoms with Crippen LogP contribution < -0.4 is 10.5 Å². The van der Waals surface area contributed by atoms with E-state index in [1.165, 1.54) is 12.3 Å². The molecule has 1 aromatic heterocycles. The van der Waals surface area contributed by atoms with Gasteiger partial charge in [-0.25, -0.2) is 14.4 Å². The molecule has 3 aliphatic heterocycles. The highest BCUT2D eigenvalue weighted by molar-refractivity contribution is 5.77. The normalized spacial score (nSPS) is 21.0. The summed E-state index contributed by atoms with van der Waals surface area (Å²) < 4.78 is 47.0. The van der Waals surface area contributed by atoms with Gasteiger partial charge in [-0.2, -0.15) is 4.39 Å². The summed E-state index contributed by atoms with van der Waals surface area (Å²) in [4.78, 5) is 8.47. The zero-order chi connectivity index (χ0) is 23.3. The molecule has 0 saturated carbocycles. The Morgan fingerprint density at radius 3 is 2.68 bits per heavy atom. The first-order valence-electron chi connectivity index (χ1n) is 11.1. The predicted molar refractivity (Wildman–Crippen MR) is 122 cm³/mol. The minimum atomic E-state index is -1.05. The fourth-order valence-electron chi connectivity index (χ4n) is 4.88. The van der Waals surface area contributed by atoms with E-state index >= 15 is 4.39 Å². The van der Waals surface area contributed by atoms with E-state index in [1.54, 1.807) is 24.3 Å². The molecule has 6 rings (SSSR count). The van der Waals surface area contributed by atoms with Gasteiger partial charge in [-0.05, 0) is 59.5 Å². The first-order chi connectivity index (χ1) is 16.5. The molecule has 34 heavy (non-hydrogen) atoms. The Kier molecular flexibility index (Phi) is 4.84. The first kappa shape index (κ1) is 20.8. The summed E-state index contributed by atoms with van der Waals surface area (Å²) in [5.74, 6) is -0.536. The van der Waals surface area contributed by atoms with Crippen molar-refractivity contribution in [1.82, 2.24) is 4.98 Å². The van der Waals surface area contributed by atoms with Crippen LogP contribution in [0.3, 0.4) is 0 Å². The number of nitrogens with zero attached hydrogens (tertiary/aromatic N) is 2. The summed E-state index contributed by atoms with van der Waals surface area (Å²) in [6.45, 7) is 1.34. The van der Waals surface area contributed by atoms with Crippen molar-refractivity contribution in [3.63, 3.8) is 0 Å². The fourth-order valence-corrected chi connectivity index (χ4v) is 4.88. The van der Waals surface area contributed by atoms with Crippen LogP contribution in [0.25, 0.3) is 16.7 Å². The van der Waals surface area contributed by atoms with Crippen molar-refractivity contribution in [3.8, 4) is 22.6 Å². The van der Waals surface area contributed by atoms with E-state index in [-0.39, 0.29) is 18.4 Å². The smallest absolute Gasteiger partial charge is 0.283 e. The average molecular weight is 461 g/mol. The summed E-state index contributed by atoms with van der Waals surface area (Å²) >= 11 is 0. The minimum Gasteiger partial charge on any atom is -0.465 e. The number of aliphatic imine (C=N–C) groups is 1. The first-order valence-corrected chi connectivity index (χ1v) is 11.1. The number of aromatic nitrogens is 1. The maximum absolute atomic E-state index is 15.5. The van der Waals surface area contributed by atoms with Gasteiger partial charge in [-0.1, -0.05) is 12.1 Å². The van der Waals surface area contributed by atoms with Crippen LogP contribution in [0.2, 0.25) is 0 Å². The predicted octanol–water partition coefficient (Wildman–Crippen LogP) is 4.91. The molecule has 1 atom stereocenters. The van der Waals surface area contributed by atoms with Crippen molar-refractivity contribution in [2.24, 2.45) is 10.7 Å². The molecule has 2 aromatic carbocycles. The number of benzene rings is 2. The van der Waals surface area contributed by atoms with Crippen LogP contribution in [0.1, 0.15) is 29.5 Å². The molecule has 1 spiro atoms. The third-order valence-electron chi connectivity index (χ3n) is 6.49. The summed E-state index contributed by atoms with van der Waals surface area (Å²) in [6.07, 6.45) is 4.63. The number of fused-ring (bicyclic) bond motifs is 4. The van der Waals surface area contributed by atoms with E-state index in [9.17, 15) is 4.39 Å². The standard InChI is InChI=1S/C26H21F2N3O3/c27-21-13-17(16-3-2-9-32-14-16)12-20-23(21)34-22-6-5-15(18-4-1-8-30-24(18)28)11-19(22)26(20)7-10-33-25(29)31-26/h1,3-6,8,11-13H,2,7,9-10,14H2,(H2,29,31)/t26-/m1/s1. The molecule has 3 aliphatic rings. The lowest BCUT2D eigenvalue weighted by atomic mass is 9.76. The summed E-state index contributed by atoms with van der Waals surface area (Å²) in [7, 11) is 0. The van der Waals surface area contributed by atoms with E-state index in [0.717, 1.165) is 12.0 Å². The molecule has 3 aromatic rings. The Balaban J connectivity index is 1.59.